The van der Waals surface area contributed by atoms with Gasteiger partial charge in [-0.25, -0.2) is 4.79 Å². The van der Waals surface area contributed by atoms with Gasteiger partial charge < -0.3 is 15.4 Å². The fourth-order valence-corrected chi connectivity index (χ4v) is 2.19. The maximum absolute atomic E-state index is 12.0. The number of carbonyl (C=O) groups is 3. The number of hydrogen-bond acceptors (Lipinski definition) is 4. The van der Waals surface area contributed by atoms with E-state index in [2.05, 4.69) is 15.4 Å². The first-order valence-electron chi connectivity index (χ1n) is 7.43. The molecule has 0 aromatic heterocycles. The topological polar surface area (TPSA) is 84.5 Å². The predicted molar refractivity (Wildman–Crippen MR) is 94.9 cm³/mol. The van der Waals surface area contributed by atoms with Gasteiger partial charge in [0.05, 0.1) is 19.2 Å². The van der Waals surface area contributed by atoms with E-state index in [-0.39, 0.29) is 12.5 Å². The van der Waals surface area contributed by atoms with Gasteiger partial charge in [-0.05, 0) is 48.9 Å². The summed E-state index contributed by atoms with van der Waals surface area (Å²) in [4.78, 5) is 35.6. The number of nitrogens with one attached hydrogen (secondary N) is 2. The lowest BCUT2D eigenvalue weighted by Gasteiger charge is -2.11. The Labute approximate surface area is 150 Å². The van der Waals surface area contributed by atoms with Gasteiger partial charge in [0.25, 0.3) is 5.91 Å². The van der Waals surface area contributed by atoms with Gasteiger partial charge in [0.15, 0.2) is 0 Å². The maximum atomic E-state index is 12.0. The number of methoxy groups -OCH3 is 1. The van der Waals surface area contributed by atoms with E-state index in [1.54, 1.807) is 43.3 Å². The number of hydrogen-bond donors (Lipinski definition) is 2. The summed E-state index contributed by atoms with van der Waals surface area (Å²) in [7, 11) is 1.28. The molecule has 0 bridgehead atoms. The van der Waals surface area contributed by atoms with Crippen LogP contribution >= 0.6 is 11.6 Å². The molecule has 0 saturated carbocycles. The molecule has 0 aliphatic carbocycles. The van der Waals surface area contributed by atoms with Crippen molar-refractivity contribution in [1.29, 1.82) is 0 Å². The molecule has 0 radical (unpaired) electrons. The van der Waals surface area contributed by atoms with Gasteiger partial charge in [0.1, 0.15) is 0 Å². The van der Waals surface area contributed by atoms with E-state index in [9.17, 15) is 14.4 Å². The SMILES string of the molecule is COC(=O)c1ccc(C)c(NC(=O)CNC(=O)c2ccc(Cl)cc2)c1. The highest BCUT2D eigenvalue weighted by molar-refractivity contribution is 6.30. The second kappa shape index (κ2) is 8.30. The number of rotatable bonds is 5. The molecular weight excluding hydrogens is 344 g/mol. The molecule has 7 heteroatoms. The molecule has 0 fully saturated rings. The molecule has 2 rings (SSSR count). The molecule has 130 valence electrons. The average molecular weight is 361 g/mol. The van der Waals surface area contributed by atoms with Crippen molar-refractivity contribution < 1.29 is 19.1 Å². The summed E-state index contributed by atoms with van der Waals surface area (Å²) in [5, 5.41) is 5.71. The Hall–Kier alpha value is -2.86. The third kappa shape index (κ3) is 5.06. The van der Waals surface area contributed by atoms with Crippen molar-refractivity contribution in [3.63, 3.8) is 0 Å². The number of halogens is 1. The van der Waals surface area contributed by atoms with Crippen molar-refractivity contribution in [2.24, 2.45) is 0 Å². The fraction of sp³-hybridized carbons (Fsp3) is 0.167. The minimum Gasteiger partial charge on any atom is -0.465 e. The standard InChI is InChI=1S/C18H17ClN2O4/c1-11-3-4-13(18(24)25-2)9-15(11)21-16(22)10-20-17(23)12-5-7-14(19)8-6-12/h3-9H,10H2,1-2H3,(H,20,23)(H,21,22). The molecule has 0 heterocycles. The Morgan fingerprint density at radius 1 is 1.04 bits per heavy atom. The van der Waals surface area contributed by atoms with Crippen LogP contribution in [-0.2, 0) is 9.53 Å². The van der Waals surface area contributed by atoms with Gasteiger partial charge in [0.2, 0.25) is 5.91 Å². The van der Waals surface area contributed by atoms with Gasteiger partial charge in [-0.3, -0.25) is 9.59 Å². The summed E-state index contributed by atoms with van der Waals surface area (Å²) < 4.78 is 4.65. The highest BCUT2D eigenvalue weighted by Crippen LogP contribution is 2.17. The van der Waals surface area contributed by atoms with E-state index >= 15 is 0 Å². The van der Waals surface area contributed by atoms with Crippen LogP contribution in [0.25, 0.3) is 0 Å². The lowest BCUT2D eigenvalue weighted by Crippen LogP contribution is -2.33. The molecular formula is C18H17ClN2O4. The Balaban J connectivity index is 1.97. The van der Waals surface area contributed by atoms with Crippen molar-refractivity contribution in [2.75, 3.05) is 19.0 Å². The van der Waals surface area contributed by atoms with Gasteiger partial charge in [0, 0.05) is 16.3 Å². The molecule has 2 amide bonds. The average Bonchev–Trinajstić information content (AvgIpc) is 2.61. The molecule has 0 aliphatic heterocycles. The normalized spacial score (nSPS) is 10.0. The van der Waals surface area contributed by atoms with Gasteiger partial charge in [-0.2, -0.15) is 0 Å². The number of esters is 1. The highest BCUT2D eigenvalue weighted by atomic mass is 35.5. The minimum atomic E-state index is -0.494. The van der Waals surface area contributed by atoms with Crippen LogP contribution in [-0.4, -0.2) is 31.4 Å². The number of aryl methyl sites for hydroxylation is 1. The maximum Gasteiger partial charge on any atom is 0.337 e. The first kappa shape index (κ1) is 18.5. The lowest BCUT2D eigenvalue weighted by molar-refractivity contribution is -0.115. The van der Waals surface area contributed by atoms with Crippen molar-refractivity contribution in [1.82, 2.24) is 5.32 Å². The largest absolute Gasteiger partial charge is 0.465 e. The molecule has 6 nitrogen and oxygen atoms in total. The summed E-state index contributed by atoms with van der Waals surface area (Å²) in [6.07, 6.45) is 0. The van der Waals surface area contributed by atoms with Crippen molar-refractivity contribution in [2.45, 2.75) is 6.92 Å². The van der Waals surface area contributed by atoms with E-state index in [0.29, 0.717) is 21.8 Å². The summed E-state index contributed by atoms with van der Waals surface area (Å²) in [6.45, 7) is 1.59. The van der Waals surface area contributed by atoms with Crippen LogP contribution in [0.3, 0.4) is 0 Å². The smallest absolute Gasteiger partial charge is 0.337 e. The number of ether oxygens (including phenoxy) is 1. The van der Waals surface area contributed by atoms with Crippen LogP contribution in [0.1, 0.15) is 26.3 Å². The molecule has 0 atom stereocenters. The quantitative estimate of drug-likeness (QED) is 0.803. The van der Waals surface area contributed by atoms with Crippen LogP contribution in [0.2, 0.25) is 5.02 Å². The van der Waals surface area contributed by atoms with Crippen LogP contribution in [0.5, 0.6) is 0 Å². The Bertz CT molecular complexity index is 803. The first-order chi connectivity index (χ1) is 11.9. The van der Waals surface area contributed by atoms with Crippen molar-refractivity contribution in [3.8, 4) is 0 Å². The molecule has 25 heavy (non-hydrogen) atoms. The van der Waals surface area contributed by atoms with Crippen LogP contribution in [0, 0.1) is 6.92 Å². The zero-order valence-electron chi connectivity index (χ0n) is 13.8. The molecule has 0 aliphatic rings. The zero-order chi connectivity index (χ0) is 18.4. The summed E-state index contributed by atoms with van der Waals surface area (Å²) in [6, 6.07) is 11.2. The molecule has 2 aromatic carbocycles. The second-order valence-electron chi connectivity index (χ2n) is 5.26. The van der Waals surface area contributed by atoms with Crippen LogP contribution in [0.4, 0.5) is 5.69 Å². The van der Waals surface area contributed by atoms with Crippen LogP contribution in [0.15, 0.2) is 42.5 Å². The summed E-state index contributed by atoms with van der Waals surface area (Å²) in [5.74, 6) is -1.29. The Morgan fingerprint density at radius 3 is 2.32 bits per heavy atom. The Morgan fingerprint density at radius 2 is 1.68 bits per heavy atom. The van der Waals surface area contributed by atoms with Gasteiger partial charge in [-0.15, -0.1) is 0 Å². The second-order valence-corrected chi connectivity index (χ2v) is 5.70. The number of amides is 2. The first-order valence-corrected chi connectivity index (χ1v) is 7.81. The predicted octanol–water partition coefficient (Wildman–Crippen LogP) is 2.80. The van der Waals surface area contributed by atoms with E-state index in [1.165, 1.54) is 13.2 Å². The molecule has 2 N–H and O–H groups in total. The van der Waals surface area contributed by atoms with Gasteiger partial charge >= 0.3 is 5.97 Å². The number of carbonyl (C=O) groups excluding carboxylic acids is 3. The molecule has 0 unspecified atom stereocenters. The van der Waals surface area contributed by atoms with E-state index < -0.39 is 11.9 Å². The number of anilines is 1. The number of benzene rings is 2. The van der Waals surface area contributed by atoms with Crippen molar-refractivity contribution in [3.05, 3.63) is 64.2 Å². The Kier molecular flexibility index (Phi) is 6.14. The molecule has 0 spiro atoms. The van der Waals surface area contributed by atoms with Crippen molar-refractivity contribution >= 4 is 35.1 Å². The monoisotopic (exact) mass is 360 g/mol. The van der Waals surface area contributed by atoms with Gasteiger partial charge in [-0.1, -0.05) is 17.7 Å². The minimum absolute atomic E-state index is 0.205. The lowest BCUT2D eigenvalue weighted by atomic mass is 10.1. The fourth-order valence-electron chi connectivity index (χ4n) is 2.06. The van der Waals surface area contributed by atoms with E-state index in [0.717, 1.165) is 5.56 Å². The summed E-state index contributed by atoms with van der Waals surface area (Å²) >= 11 is 5.77. The molecule has 2 aromatic rings. The van der Waals surface area contributed by atoms with E-state index in [1.807, 2.05) is 0 Å². The summed E-state index contributed by atoms with van der Waals surface area (Å²) in [5.41, 5.74) is 1.99. The third-order valence-electron chi connectivity index (χ3n) is 3.45. The zero-order valence-corrected chi connectivity index (χ0v) is 14.5. The van der Waals surface area contributed by atoms with E-state index in [4.69, 9.17) is 11.6 Å². The van der Waals surface area contributed by atoms with Crippen LogP contribution < -0.4 is 10.6 Å². The highest BCUT2D eigenvalue weighted by Gasteiger charge is 2.12. The third-order valence-corrected chi connectivity index (χ3v) is 3.70. The molecule has 0 saturated heterocycles.